The van der Waals surface area contributed by atoms with E-state index in [1.807, 2.05) is 6.92 Å². The summed E-state index contributed by atoms with van der Waals surface area (Å²) < 4.78 is 24.3. The van der Waals surface area contributed by atoms with Gasteiger partial charge in [0, 0.05) is 18.7 Å². The van der Waals surface area contributed by atoms with Gasteiger partial charge < -0.3 is 4.57 Å². The Kier molecular flexibility index (Phi) is 4.10. The van der Waals surface area contributed by atoms with Crippen LogP contribution in [0, 0.1) is 0 Å². The van der Waals surface area contributed by atoms with E-state index >= 15 is 0 Å². The van der Waals surface area contributed by atoms with E-state index in [4.69, 9.17) is 11.6 Å². The Hall–Kier alpha value is -0.620. The summed E-state index contributed by atoms with van der Waals surface area (Å²) in [5, 5.41) is 7.79. The Morgan fingerprint density at radius 3 is 2.53 bits per heavy atom. The van der Waals surface area contributed by atoms with Crippen LogP contribution in [0.3, 0.4) is 0 Å². The fraction of sp³-hybridized carbons (Fsp3) is 0.750. The molecule has 0 bridgehead atoms. The Labute approximate surface area is 94.4 Å². The molecule has 0 aliphatic rings. The largest absolute Gasteiger partial charge is 0.301 e. The van der Waals surface area contributed by atoms with Crippen molar-refractivity contribution in [3.8, 4) is 0 Å². The molecule has 0 aromatic carbocycles. The Balaban J connectivity index is 2.77. The fourth-order valence-corrected chi connectivity index (χ4v) is 2.14. The SMILES string of the molecule is CCc1nnc(Cl)n1CCS(=O)(=O)CC. The van der Waals surface area contributed by atoms with Crippen LogP contribution in [0.25, 0.3) is 0 Å². The number of aryl methyl sites for hydroxylation is 1. The van der Waals surface area contributed by atoms with Crippen LogP contribution in [-0.4, -0.2) is 34.7 Å². The molecule has 0 amide bonds. The van der Waals surface area contributed by atoms with Crippen LogP contribution in [0.5, 0.6) is 0 Å². The van der Waals surface area contributed by atoms with Crippen LogP contribution >= 0.6 is 11.6 Å². The van der Waals surface area contributed by atoms with Crippen LogP contribution < -0.4 is 0 Å². The standard InChI is InChI=1S/C8H14ClN3O2S/c1-3-7-10-11-8(9)12(7)5-6-15(13,14)4-2/h3-6H2,1-2H3. The van der Waals surface area contributed by atoms with E-state index in [9.17, 15) is 8.42 Å². The highest BCUT2D eigenvalue weighted by atomic mass is 35.5. The highest BCUT2D eigenvalue weighted by molar-refractivity contribution is 7.91. The molecule has 0 unspecified atom stereocenters. The monoisotopic (exact) mass is 251 g/mol. The van der Waals surface area contributed by atoms with E-state index in [2.05, 4.69) is 10.2 Å². The zero-order valence-corrected chi connectivity index (χ0v) is 10.3. The second kappa shape index (κ2) is 4.94. The maximum Gasteiger partial charge on any atom is 0.225 e. The van der Waals surface area contributed by atoms with Gasteiger partial charge in [0.15, 0.2) is 9.84 Å². The molecule has 1 aromatic rings. The summed E-state index contributed by atoms with van der Waals surface area (Å²) in [6.07, 6.45) is 0.686. The quantitative estimate of drug-likeness (QED) is 0.781. The number of halogens is 1. The van der Waals surface area contributed by atoms with Crippen molar-refractivity contribution in [2.45, 2.75) is 26.8 Å². The first kappa shape index (κ1) is 12.4. The lowest BCUT2D eigenvalue weighted by atomic mass is 10.4. The average Bonchev–Trinajstić information content (AvgIpc) is 2.56. The predicted octanol–water partition coefficient (Wildman–Crippen LogP) is 0.929. The third kappa shape index (κ3) is 3.17. The first-order valence-corrected chi connectivity index (χ1v) is 6.98. The average molecular weight is 252 g/mol. The van der Waals surface area contributed by atoms with Crippen molar-refractivity contribution >= 4 is 21.4 Å². The molecule has 0 saturated carbocycles. The molecule has 0 aliphatic carbocycles. The highest BCUT2D eigenvalue weighted by Gasteiger charge is 2.12. The number of aromatic nitrogens is 3. The van der Waals surface area contributed by atoms with E-state index < -0.39 is 9.84 Å². The fourth-order valence-electron chi connectivity index (χ4n) is 1.17. The molecule has 0 spiro atoms. The van der Waals surface area contributed by atoms with Crippen molar-refractivity contribution in [1.29, 1.82) is 0 Å². The van der Waals surface area contributed by atoms with Gasteiger partial charge in [0.25, 0.3) is 0 Å². The zero-order chi connectivity index (χ0) is 11.5. The molecular weight excluding hydrogens is 238 g/mol. The van der Waals surface area contributed by atoms with Crippen molar-refractivity contribution in [1.82, 2.24) is 14.8 Å². The predicted molar refractivity (Wildman–Crippen MR) is 58.7 cm³/mol. The van der Waals surface area contributed by atoms with Crippen LogP contribution in [0.2, 0.25) is 5.28 Å². The molecule has 1 rings (SSSR count). The van der Waals surface area contributed by atoms with Gasteiger partial charge in [-0.05, 0) is 11.6 Å². The summed E-state index contributed by atoms with van der Waals surface area (Å²) in [5.74, 6) is 0.939. The van der Waals surface area contributed by atoms with Gasteiger partial charge in [-0.25, -0.2) is 8.42 Å². The van der Waals surface area contributed by atoms with Crippen LogP contribution in [-0.2, 0) is 22.8 Å². The third-order valence-corrected chi connectivity index (χ3v) is 4.13. The number of hydrogen-bond acceptors (Lipinski definition) is 4. The molecule has 1 aromatic heterocycles. The molecule has 5 nitrogen and oxygen atoms in total. The van der Waals surface area contributed by atoms with Crippen LogP contribution in [0.4, 0.5) is 0 Å². The minimum Gasteiger partial charge on any atom is -0.301 e. The smallest absolute Gasteiger partial charge is 0.225 e. The van der Waals surface area contributed by atoms with E-state index in [0.29, 0.717) is 18.8 Å². The first-order valence-electron chi connectivity index (χ1n) is 4.78. The maximum atomic E-state index is 11.3. The first-order chi connectivity index (χ1) is 7.00. The Bertz CT molecular complexity index is 427. The highest BCUT2D eigenvalue weighted by Crippen LogP contribution is 2.09. The topological polar surface area (TPSA) is 64.8 Å². The minimum atomic E-state index is -2.97. The van der Waals surface area contributed by atoms with Crippen molar-refractivity contribution < 1.29 is 8.42 Å². The maximum absolute atomic E-state index is 11.3. The second-order valence-electron chi connectivity index (χ2n) is 3.13. The van der Waals surface area contributed by atoms with Gasteiger partial charge >= 0.3 is 0 Å². The van der Waals surface area contributed by atoms with Crippen LogP contribution in [0.1, 0.15) is 19.7 Å². The van der Waals surface area contributed by atoms with Gasteiger partial charge in [0.05, 0.1) is 5.75 Å². The molecule has 0 saturated heterocycles. The molecule has 7 heteroatoms. The summed E-state index contributed by atoms with van der Waals surface area (Å²) in [6, 6.07) is 0. The van der Waals surface area contributed by atoms with Gasteiger partial charge in [-0.15, -0.1) is 10.2 Å². The Morgan fingerprint density at radius 2 is 2.00 bits per heavy atom. The number of sulfone groups is 1. The molecular formula is C8H14ClN3O2S. The molecule has 0 N–H and O–H groups in total. The lowest BCUT2D eigenvalue weighted by Crippen LogP contribution is -2.16. The zero-order valence-electron chi connectivity index (χ0n) is 8.77. The Morgan fingerprint density at radius 1 is 1.33 bits per heavy atom. The number of rotatable bonds is 5. The summed E-state index contributed by atoms with van der Waals surface area (Å²) >= 11 is 5.79. The lowest BCUT2D eigenvalue weighted by molar-refractivity contribution is 0.587. The van der Waals surface area contributed by atoms with Gasteiger partial charge in [-0.1, -0.05) is 13.8 Å². The van der Waals surface area contributed by atoms with Gasteiger partial charge in [-0.3, -0.25) is 0 Å². The molecule has 0 aliphatic heterocycles. The number of hydrogen-bond donors (Lipinski definition) is 0. The third-order valence-electron chi connectivity index (χ3n) is 2.16. The summed E-state index contributed by atoms with van der Waals surface area (Å²) in [5.41, 5.74) is 0. The van der Waals surface area contributed by atoms with Crippen molar-refractivity contribution in [3.63, 3.8) is 0 Å². The molecule has 15 heavy (non-hydrogen) atoms. The number of nitrogens with zero attached hydrogens (tertiary/aromatic N) is 3. The van der Waals surface area contributed by atoms with Crippen molar-refractivity contribution in [2.24, 2.45) is 0 Å². The molecule has 1 heterocycles. The minimum absolute atomic E-state index is 0.0776. The van der Waals surface area contributed by atoms with Gasteiger partial charge in [0.1, 0.15) is 5.82 Å². The normalized spacial score (nSPS) is 11.9. The molecule has 0 radical (unpaired) electrons. The van der Waals surface area contributed by atoms with Gasteiger partial charge in [0.2, 0.25) is 5.28 Å². The van der Waals surface area contributed by atoms with Crippen molar-refractivity contribution in [2.75, 3.05) is 11.5 Å². The molecule has 0 fully saturated rings. The molecule has 86 valence electrons. The van der Waals surface area contributed by atoms with E-state index in [-0.39, 0.29) is 16.8 Å². The molecule has 0 atom stereocenters. The van der Waals surface area contributed by atoms with Gasteiger partial charge in [-0.2, -0.15) is 0 Å². The van der Waals surface area contributed by atoms with Crippen molar-refractivity contribution in [3.05, 3.63) is 11.1 Å². The van der Waals surface area contributed by atoms with Crippen LogP contribution in [0.15, 0.2) is 0 Å². The lowest BCUT2D eigenvalue weighted by Gasteiger charge is -2.05. The summed E-state index contributed by atoms with van der Waals surface area (Å²) in [7, 11) is -2.97. The summed E-state index contributed by atoms with van der Waals surface area (Å²) in [4.78, 5) is 0. The van der Waals surface area contributed by atoms with E-state index in [1.54, 1.807) is 11.5 Å². The van der Waals surface area contributed by atoms with E-state index in [1.165, 1.54) is 0 Å². The second-order valence-corrected chi connectivity index (χ2v) is 5.94. The van der Waals surface area contributed by atoms with E-state index in [0.717, 1.165) is 0 Å². The summed E-state index contributed by atoms with van der Waals surface area (Å²) in [6.45, 7) is 3.88.